The number of nitrogens with zero attached hydrogens (tertiary/aromatic N) is 1. The van der Waals surface area contributed by atoms with Gasteiger partial charge >= 0.3 is 0 Å². The maximum Gasteiger partial charge on any atom is 0.0247 e. The molecule has 0 heterocycles. The molecular formula is C19H34N2. The molecule has 1 N–H and O–H groups in total. The molecule has 2 nitrogen and oxygen atoms in total. The lowest BCUT2D eigenvalue weighted by atomic mass is 9.98. The topological polar surface area (TPSA) is 15.3 Å². The van der Waals surface area contributed by atoms with E-state index in [1.807, 2.05) is 0 Å². The Hall–Kier alpha value is -0.860. The van der Waals surface area contributed by atoms with Gasteiger partial charge in [0.1, 0.15) is 0 Å². The predicted octanol–water partition coefficient (Wildman–Crippen LogP) is 4.37. The van der Waals surface area contributed by atoms with Crippen molar-refractivity contribution >= 4 is 0 Å². The zero-order valence-corrected chi connectivity index (χ0v) is 14.7. The monoisotopic (exact) mass is 290 g/mol. The molecule has 0 aliphatic rings. The molecule has 0 radical (unpaired) electrons. The van der Waals surface area contributed by atoms with Gasteiger partial charge in [0.25, 0.3) is 0 Å². The number of benzene rings is 1. The summed E-state index contributed by atoms with van der Waals surface area (Å²) in [5.41, 5.74) is 2.77. The van der Waals surface area contributed by atoms with Gasteiger partial charge in [-0.3, -0.25) is 4.90 Å². The Morgan fingerprint density at radius 2 is 1.90 bits per heavy atom. The second-order valence-corrected chi connectivity index (χ2v) is 6.23. The van der Waals surface area contributed by atoms with E-state index in [4.69, 9.17) is 0 Å². The summed E-state index contributed by atoms with van der Waals surface area (Å²) in [5, 5.41) is 3.76. The van der Waals surface area contributed by atoms with Crippen LogP contribution < -0.4 is 5.32 Å². The zero-order valence-electron chi connectivity index (χ0n) is 14.7. The van der Waals surface area contributed by atoms with Crippen molar-refractivity contribution in [1.82, 2.24) is 10.2 Å². The third-order valence-electron chi connectivity index (χ3n) is 4.22. The minimum Gasteiger partial charge on any atom is -0.312 e. The van der Waals surface area contributed by atoms with Crippen molar-refractivity contribution in [2.75, 3.05) is 13.6 Å². The van der Waals surface area contributed by atoms with Crippen LogP contribution in [0, 0.1) is 6.92 Å². The van der Waals surface area contributed by atoms with Gasteiger partial charge in [-0.15, -0.1) is 0 Å². The Bertz CT molecular complexity index is 389. The lowest BCUT2D eigenvalue weighted by Crippen LogP contribution is -2.48. The van der Waals surface area contributed by atoms with Gasteiger partial charge in [0.05, 0.1) is 0 Å². The van der Waals surface area contributed by atoms with Crippen LogP contribution in [0.2, 0.25) is 0 Å². The zero-order chi connectivity index (χ0) is 15.7. The maximum absolute atomic E-state index is 3.76. The van der Waals surface area contributed by atoms with Gasteiger partial charge in [0, 0.05) is 18.6 Å². The standard InChI is InChI=1S/C19H34N2/c1-6-10-18(20-13-7-2)19(8-3)21(5)15-17-12-9-11-16(4)14-17/h9,11-12,14,18-20H,6-8,10,13,15H2,1-5H3. The van der Waals surface area contributed by atoms with Crippen molar-refractivity contribution in [3.63, 3.8) is 0 Å². The molecule has 1 aromatic carbocycles. The van der Waals surface area contributed by atoms with E-state index in [9.17, 15) is 0 Å². The number of aryl methyl sites for hydroxylation is 1. The van der Waals surface area contributed by atoms with E-state index in [1.54, 1.807) is 0 Å². The first kappa shape index (κ1) is 18.2. The van der Waals surface area contributed by atoms with Gasteiger partial charge < -0.3 is 5.32 Å². The van der Waals surface area contributed by atoms with E-state index in [2.05, 4.69) is 69.2 Å². The van der Waals surface area contributed by atoms with Crippen LogP contribution in [-0.2, 0) is 6.54 Å². The van der Waals surface area contributed by atoms with Crippen LogP contribution >= 0.6 is 0 Å². The molecule has 0 fully saturated rings. The molecule has 0 aliphatic heterocycles. The van der Waals surface area contributed by atoms with Crippen LogP contribution in [0.3, 0.4) is 0 Å². The molecule has 1 rings (SSSR count). The van der Waals surface area contributed by atoms with Crippen molar-refractivity contribution in [2.24, 2.45) is 0 Å². The molecule has 2 unspecified atom stereocenters. The van der Waals surface area contributed by atoms with E-state index in [-0.39, 0.29) is 0 Å². The highest BCUT2D eigenvalue weighted by Crippen LogP contribution is 2.16. The normalized spacial score (nSPS) is 14.4. The summed E-state index contributed by atoms with van der Waals surface area (Å²) in [6.07, 6.45) is 4.91. The average Bonchev–Trinajstić information content (AvgIpc) is 2.45. The Labute approximate surface area is 131 Å². The first-order valence-electron chi connectivity index (χ1n) is 8.61. The SMILES string of the molecule is CCCNC(CCC)C(CC)N(C)Cc1cccc(C)c1. The minimum atomic E-state index is 0.606. The van der Waals surface area contributed by atoms with E-state index in [0.717, 1.165) is 13.1 Å². The summed E-state index contributed by atoms with van der Waals surface area (Å²) in [5.74, 6) is 0. The Balaban J connectivity index is 2.70. The fourth-order valence-electron chi connectivity index (χ4n) is 3.19. The smallest absolute Gasteiger partial charge is 0.0247 e. The van der Waals surface area contributed by atoms with Crippen LogP contribution in [0.1, 0.15) is 57.6 Å². The largest absolute Gasteiger partial charge is 0.312 e. The first-order valence-corrected chi connectivity index (χ1v) is 8.61. The predicted molar refractivity (Wildman–Crippen MR) is 93.7 cm³/mol. The Morgan fingerprint density at radius 3 is 2.48 bits per heavy atom. The number of nitrogens with one attached hydrogen (secondary N) is 1. The first-order chi connectivity index (χ1) is 10.1. The molecule has 2 heteroatoms. The van der Waals surface area contributed by atoms with Gasteiger partial charge in [-0.1, -0.05) is 57.0 Å². The van der Waals surface area contributed by atoms with E-state index >= 15 is 0 Å². The lowest BCUT2D eigenvalue weighted by molar-refractivity contribution is 0.172. The second kappa shape index (κ2) is 9.97. The Morgan fingerprint density at radius 1 is 1.14 bits per heavy atom. The molecule has 120 valence electrons. The number of likely N-dealkylation sites (N-methyl/N-ethyl adjacent to an activating group) is 1. The lowest BCUT2D eigenvalue weighted by Gasteiger charge is -2.35. The highest BCUT2D eigenvalue weighted by Gasteiger charge is 2.22. The molecule has 0 saturated heterocycles. The van der Waals surface area contributed by atoms with E-state index in [1.165, 1.54) is 36.8 Å². The third-order valence-corrected chi connectivity index (χ3v) is 4.22. The van der Waals surface area contributed by atoms with Gasteiger partial charge in [-0.05, 0) is 45.3 Å². The second-order valence-electron chi connectivity index (χ2n) is 6.23. The summed E-state index contributed by atoms with van der Waals surface area (Å²) >= 11 is 0. The van der Waals surface area contributed by atoms with Crippen LogP contribution in [0.25, 0.3) is 0 Å². The van der Waals surface area contributed by atoms with Gasteiger partial charge in [-0.25, -0.2) is 0 Å². The molecule has 1 aromatic rings. The van der Waals surface area contributed by atoms with Crippen molar-refractivity contribution in [2.45, 2.75) is 72.0 Å². The van der Waals surface area contributed by atoms with E-state index < -0.39 is 0 Å². The van der Waals surface area contributed by atoms with Gasteiger partial charge in [-0.2, -0.15) is 0 Å². The maximum atomic E-state index is 3.76. The third kappa shape index (κ3) is 6.19. The Kier molecular flexibility index (Phi) is 8.63. The van der Waals surface area contributed by atoms with Crippen molar-refractivity contribution in [1.29, 1.82) is 0 Å². The summed E-state index contributed by atoms with van der Waals surface area (Å²) in [7, 11) is 2.27. The highest BCUT2D eigenvalue weighted by atomic mass is 15.2. The van der Waals surface area contributed by atoms with Crippen LogP contribution in [0.4, 0.5) is 0 Å². The average molecular weight is 290 g/mol. The molecule has 0 aromatic heterocycles. The molecular weight excluding hydrogens is 256 g/mol. The number of hydrogen-bond donors (Lipinski definition) is 1. The quantitative estimate of drug-likeness (QED) is 0.688. The highest BCUT2D eigenvalue weighted by molar-refractivity contribution is 5.22. The van der Waals surface area contributed by atoms with Crippen LogP contribution in [0.5, 0.6) is 0 Å². The van der Waals surface area contributed by atoms with Crippen molar-refractivity contribution in [3.8, 4) is 0 Å². The molecule has 0 bridgehead atoms. The molecule has 0 amide bonds. The van der Waals surface area contributed by atoms with Crippen molar-refractivity contribution in [3.05, 3.63) is 35.4 Å². The van der Waals surface area contributed by atoms with Crippen LogP contribution in [-0.4, -0.2) is 30.6 Å². The molecule has 21 heavy (non-hydrogen) atoms. The van der Waals surface area contributed by atoms with Crippen LogP contribution in [0.15, 0.2) is 24.3 Å². The summed E-state index contributed by atoms with van der Waals surface area (Å²) in [4.78, 5) is 2.53. The summed E-state index contributed by atoms with van der Waals surface area (Å²) in [6, 6.07) is 10.1. The van der Waals surface area contributed by atoms with Gasteiger partial charge in [0.15, 0.2) is 0 Å². The fraction of sp³-hybridized carbons (Fsp3) is 0.684. The van der Waals surface area contributed by atoms with E-state index in [0.29, 0.717) is 12.1 Å². The molecule has 0 saturated carbocycles. The number of rotatable bonds is 10. The van der Waals surface area contributed by atoms with Crippen molar-refractivity contribution < 1.29 is 0 Å². The summed E-state index contributed by atoms with van der Waals surface area (Å²) in [6.45, 7) is 11.2. The fourth-order valence-corrected chi connectivity index (χ4v) is 3.19. The molecule has 0 spiro atoms. The number of hydrogen-bond acceptors (Lipinski definition) is 2. The minimum absolute atomic E-state index is 0.606. The summed E-state index contributed by atoms with van der Waals surface area (Å²) < 4.78 is 0. The molecule has 0 aliphatic carbocycles. The van der Waals surface area contributed by atoms with Gasteiger partial charge in [0.2, 0.25) is 0 Å². The molecule has 2 atom stereocenters.